The van der Waals surface area contributed by atoms with Crippen molar-refractivity contribution in [1.29, 1.82) is 0 Å². The lowest BCUT2D eigenvalue weighted by molar-refractivity contribution is 0.0527. The van der Waals surface area contributed by atoms with Crippen LogP contribution >= 0.6 is 12.2 Å². The van der Waals surface area contributed by atoms with Crippen molar-refractivity contribution in [2.75, 3.05) is 18.4 Å². The summed E-state index contributed by atoms with van der Waals surface area (Å²) in [7, 11) is 0. The summed E-state index contributed by atoms with van der Waals surface area (Å²) in [5.41, 5.74) is 0.410. The van der Waals surface area contributed by atoms with E-state index in [4.69, 9.17) is 17.0 Å². The molecule has 116 valence electrons. The van der Waals surface area contributed by atoms with Crippen LogP contribution in [0.15, 0.2) is 24.5 Å². The van der Waals surface area contributed by atoms with E-state index in [1.807, 2.05) is 32.9 Å². The minimum absolute atomic E-state index is 0.403. The lowest BCUT2D eigenvalue weighted by Crippen LogP contribution is -2.35. The monoisotopic (exact) mass is 310 g/mol. The number of amides is 1. The van der Waals surface area contributed by atoms with Crippen molar-refractivity contribution in [3.8, 4) is 0 Å². The SMILES string of the molecule is CC(C)(C)OC(=O)NCCCNC(=S)Nc1ccncc1. The minimum atomic E-state index is -0.474. The molecule has 0 aliphatic carbocycles. The number of anilines is 1. The maximum absolute atomic E-state index is 11.4. The summed E-state index contributed by atoms with van der Waals surface area (Å²) in [5, 5.41) is 9.33. The van der Waals surface area contributed by atoms with Crippen molar-refractivity contribution in [1.82, 2.24) is 15.6 Å². The number of hydrogen-bond acceptors (Lipinski definition) is 4. The molecule has 1 amide bonds. The van der Waals surface area contributed by atoms with E-state index in [0.717, 1.165) is 12.1 Å². The van der Waals surface area contributed by atoms with Crippen LogP contribution in [0.5, 0.6) is 0 Å². The molecule has 6 nitrogen and oxygen atoms in total. The number of ether oxygens (including phenoxy) is 1. The second kappa shape index (κ2) is 8.41. The van der Waals surface area contributed by atoms with Crippen molar-refractivity contribution < 1.29 is 9.53 Å². The number of aromatic nitrogens is 1. The fourth-order valence-corrected chi connectivity index (χ4v) is 1.63. The largest absolute Gasteiger partial charge is 0.444 e. The first kappa shape index (κ1) is 17.2. The summed E-state index contributed by atoms with van der Waals surface area (Å²) in [5.74, 6) is 0. The third-order valence-electron chi connectivity index (χ3n) is 2.25. The number of nitrogens with one attached hydrogen (secondary N) is 3. The van der Waals surface area contributed by atoms with Crippen LogP contribution in [0.1, 0.15) is 27.2 Å². The van der Waals surface area contributed by atoms with E-state index >= 15 is 0 Å². The van der Waals surface area contributed by atoms with E-state index in [1.165, 1.54) is 0 Å². The maximum atomic E-state index is 11.4. The van der Waals surface area contributed by atoms with Gasteiger partial charge in [0, 0.05) is 31.2 Å². The number of hydrogen-bond donors (Lipinski definition) is 3. The van der Waals surface area contributed by atoms with E-state index < -0.39 is 11.7 Å². The smallest absolute Gasteiger partial charge is 0.407 e. The predicted octanol–water partition coefficient (Wildman–Crippen LogP) is 2.28. The molecule has 1 aromatic heterocycles. The average Bonchev–Trinajstić information content (AvgIpc) is 2.37. The van der Waals surface area contributed by atoms with E-state index in [9.17, 15) is 4.79 Å². The molecule has 0 radical (unpaired) electrons. The van der Waals surface area contributed by atoms with E-state index in [1.54, 1.807) is 12.4 Å². The third kappa shape index (κ3) is 8.80. The molecule has 0 aliphatic heterocycles. The van der Waals surface area contributed by atoms with Crippen LogP contribution in [0.2, 0.25) is 0 Å². The summed E-state index contributed by atoms with van der Waals surface area (Å²) in [6.45, 7) is 6.68. The molecule has 0 spiro atoms. The highest BCUT2D eigenvalue weighted by atomic mass is 32.1. The Balaban J connectivity index is 2.09. The molecular weight excluding hydrogens is 288 g/mol. The van der Waals surface area contributed by atoms with Crippen molar-refractivity contribution in [2.45, 2.75) is 32.8 Å². The Kier molecular flexibility index (Phi) is 6.87. The highest BCUT2D eigenvalue weighted by Gasteiger charge is 2.15. The molecule has 21 heavy (non-hydrogen) atoms. The van der Waals surface area contributed by atoms with Crippen LogP contribution in [-0.4, -0.2) is 34.9 Å². The molecule has 0 bridgehead atoms. The Hall–Kier alpha value is -1.89. The van der Waals surface area contributed by atoms with Crippen molar-refractivity contribution in [3.05, 3.63) is 24.5 Å². The number of pyridine rings is 1. The van der Waals surface area contributed by atoms with Gasteiger partial charge in [-0.2, -0.15) is 0 Å². The molecule has 1 heterocycles. The summed E-state index contributed by atoms with van der Waals surface area (Å²) in [6.07, 6.45) is 3.72. The molecule has 3 N–H and O–H groups in total. The first-order valence-electron chi connectivity index (χ1n) is 6.78. The standard InChI is InChI=1S/C14H22N4O2S/c1-14(2,3)20-13(19)17-8-4-7-16-12(21)18-11-5-9-15-10-6-11/h5-6,9-10H,4,7-8H2,1-3H3,(H,17,19)(H2,15,16,18,21). The van der Waals surface area contributed by atoms with Gasteiger partial charge in [0.2, 0.25) is 0 Å². The van der Waals surface area contributed by atoms with Gasteiger partial charge in [-0.1, -0.05) is 0 Å². The van der Waals surface area contributed by atoms with Gasteiger partial charge in [-0.15, -0.1) is 0 Å². The molecule has 0 aromatic carbocycles. The van der Waals surface area contributed by atoms with Gasteiger partial charge in [-0.3, -0.25) is 4.98 Å². The van der Waals surface area contributed by atoms with Crippen LogP contribution in [0.4, 0.5) is 10.5 Å². The predicted molar refractivity (Wildman–Crippen MR) is 87.3 cm³/mol. The highest BCUT2D eigenvalue weighted by Crippen LogP contribution is 2.06. The summed E-state index contributed by atoms with van der Waals surface area (Å²) in [4.78, 5) is 15.3. The Morgan fingerprint density at radius 2 is 1.86 bits per heavy atom. The molecule has 1 aromatic rings. The second-order valence-corrected chi connectivity index (χ2v) is 5.81. The number of carbonyl (C=O) groups is 1. The first-order chi connectivity index (χ1) is 9.87. The van der Waals surface area contributed by atoms with Crippen molar-refractivity contribution in [3.63, 3.8) is 0 Å². The number of nitrogens with zero attached hydrogens (tertiary/aromatic N) is 1. The Morgan fingerprint density at radius 3 is 2.48 bits per heavy atom. The molecule has 0 fully saturated rings. The average molecular weight is 310 g/mol. The van der Waals surface area contributed by atoms with Gasteiger partial charge in [0.05, 0.1) is 0 Å². The number of thiocarbonyl (C=S) groups is 1. The summed E-state index contributed by atoms with van der Waals surface area (Å²) in [6, 6.07) is 3.66. The Bertz CT molecular complexity index is 460. The van der Waals surface area contributed by atoms with Gasteiger partial charge >= 0.3 is 6.09 Å². The molecular formula is C14H22N4O2S. The molecule has 1 rings (SSSR count). The van der Waals surface area contributed by atoms with Gasteiger partial charge in [-0.25, -0.2) is 4.79 Å². The molecule has 0 saturated carbocycles. The van der Waals surface area contributed by atoms with Gasteiger partial charge < -0.3 is 20.7 Å². The van der Waals surface area contributed by atoms with Crippen LogP contribution in [0.3, 0.4) is 0 Å². The van der Waals surface area contributed by atoms with Crippen LogP contribution in [0, 0.1) is 0 Å². The topological polar surface area (TPSA) is 75.3 Å². The molecule has 0 saturated heterocycles. The fourth-order valence-electron chi connectivity index (χ4n) is 1.41. The van der Waals surface area contributed by atoms with E-state index in [-0.39, 0.29) is 0 Å². The summed E-state index contributed by atoms with van der Waals surface area (Å²) < 4.78 is 5.13. The molecule has 0 atom stereocenters. The van der Waals surface area contributed by atoms with Crippen molar-refractivity contribution >= 4 is 29.1 Å². The third-order valence-corrected chi connectivity index (χ3v) is 2.49. The van der Waals surface area contributed by atoms with Gasteiger partial charge in [-0.05, 0) is 51.5 Å². The number of carbonyl (C=O) groups excluding carboxylic acids is 1. The van der Waals surface area contributed by atoms with Crippen LogP contribution < -0.4 is 16.0 Å². The molecule has 0 aliphatic rings. The van der Waals surface area contributed by atoms with Gasteiger partial charge in [0.1, 0.15) is 5.60 Å². The van der Waals surface area contributed by atoms with E-state index in [0.29, 0.717) is 18.2 Å². The number of rotatable bonds is 5. The van der Waals surface area contributed by atoms with Crippen LogP contribution in [-0.2, 0) is 4.74 Å². The number of alkyl carbamates (subject to hydrolysis) is 1. The lowest BCUT2D eigenvalue weighted by atomic mass is 10.2. The molecule has 7 heteroatoms. The van der Waals surface area contributed by atoms with Gasteiger partial charge in [0.15, 0.2) is 5.11 Å². The highest BCUT2D eigenvalue weighted by molar-refractivity contribution is 7.80. The quantitative estimate of drug-likeness (QED) is 0.572. The van der Waals surface area contributed by atoms with Crippen molar-refractivity contribution in [2.24, 2.45) is 0 Å². The normalized spacial score (nSPS) is 10.6. The zero-order valence-electron chi connectivity index (χ0n) is 12.6. The van der Waals surface area contributed by atoms with Gasteiger partial charge in [0.25, 0.3) is 0 Å². The Labute approximate surface area is 130 Å². The maximum Gasteiger partial charge on any atom is 0.407 e. The zero-order chi connectivity index (χ0) is 15.7. The zero-order valence-corrected chi connectivity index (χ0v) is 13.4. The summed E-state index contributed by atoms with van der Waals surface area (Å²) >= 11 is 5.15. The first-order valence-corrected chi connectivity index (χ1v) is 7.19. The second-order valence-electron chi connectivity index (χ2n) is 5.40. The Morgan fingerprint density at radius 1 is 1.24 bits per heavy atom. The van der Waals surface area contributed by atoms with Crippen LogP contribution in [0.25, 0.3) is 0 Å². The minimum Gasteiger partial charge on any atom is -0.444 e. The molecule has 0 unspecified atom stereocenters. The lowest BCUT2D eigenvalue weighted by Gasteiger charge is -2.19. The fraction of sp³-hybridized carbons (Fsp3) is 0.500. The van der Waals surface area contributed by atoms with E-state index in [2.05, 4.69) is 20.9 Å².